The molecule has 0 radical (unpaired) electrons. The van der Waals surface area contributed by atoms with E-state index in [4.69, 9.17) is 25.9 Å². The first-order valence-corrected chi connectivity index (χ1v) is 10.7. The Kier molecular flexibility index (Phi) is 8.68. The van der Waals surface area contributed by atoms with Crippen LogP contribution in [0.2, 0.25) is 5.02 Å². The van der Waals surface area contributed by atoms with Gasteiger partial charge < -0.3 is 14.3 Å². The van der Waals surface area contributed by atoms with Gasteiger partial charge in [0.1, 0.15) is 17.1 Å². The number of ether oxygens (including phenoxy) is 2. The van der Waals surface area contributed by atoms with Crippen LogP contribution in [0.15, 0.2) is 41.6 Å². The van der Waals surface area contributed by atoms with Crippen molar-refractivity contribution in [1.29, 1.82) is 0 Å². The molecular weight excluding hydrogens is 509 g/mol. The Hall–Kier alpha value is -3.67. The van der Waals surface area contributed by atoms with E-state index >= 15 is 0 Å². The average molecular weight is 531 g/mol. The third-order valence-electron chi connectivity index (χ3n) is 4.85. The van der Waals surface area contributed by atoms with Crippen molar-refractivity contribution in [1.82, 2.24) is 0 Å². The molecule has 9 nitrogen and oxygen atoms in total. The Morgan fingerprint density at radius 3 is 2.28 bits per heavy atom. The van der Waals surface area contributed by atoms with Crippen LogP contribution >= 0.6 is 11.6 Å². The van der Waals surface area contributed by atoms with Gasteiger partial charge in [-0.25, -0.2) is 9.59 Å². The third kappa shape index (κ3) is 7.41. The first kappa shape index (κ1) is 28.6. The number of nitro benzene ring substituents is 1. The Balaban J connectivity index is 2.25. The fourth-order valence-electron chi connectivity index (χ4n) is 2.39. The number of oxime groups is 1. The quantitative estimate of drug-likeness (QED) is 0.131. The molecule has 0 aromatic heterocycles. The lowest BCUT2D eigenvalue weighted by Crippen LogP contribution is -2.26. The van der Waals surface area contributed by atoms with Crippen LogP contribution in [0, 0.1) is 15.5 Å². The van der Waals surface area contributed by atoms with Crippen molar-refractivity contribution in [3.05, 3.63) is 62.7 Å². The van der Waals surface area contributed by atoms with Crippen LogP contribution < -0.4 is 4.74 Å². The summed E-state index contributed by atoms with van der Waals surface area (Å²) in [6.07, 6.45) is -6.09. The van der Waals surface area contributed by atoms with Crippen LogP contribution in [-0.2, 0) is 20.5 Å². The summed E-state index contributed by atoms with van der Waals surface area (Å²) in [5, 5.41) is 14.7. The Bertz CT molecular complexity index is 1210. The van der Waals surface area contributed by atoms with Crippen molar-refractivity contribution in [3.8, 4) is 11.5 Å². The second-order valence-corrected chi connectivity index (χ2v) is 8.97. The van der Waals surface area contributed by atoms with Gasteiger partial charge in [0, 0.05) is 17.5 Å². The standard InChI is InChI=1S/C23H22ClF3N2O7/c1-12(20(30)36-28-13(2)22(3,4)5)34-21(31)16-11-15(7-8-18(16)29(32)33)35-19-9-6-14(10-17(19)24)23(25,26)27/h6-12H,1-5H3. The van der Waals surface area contributed by atoms with Crippen molar-refractivity contribution in [2.24, 2.45) is 10.6 Å². The van der Waals surface area contributed by atoms with Crippen LogP contribution in [0.25, 0.3) is 0 Å². The summed E-state index contributed by atoms with van der Waals surface area (Å²) in [6.45, 7) is 8.36. The minimum atomic E-state index is -4.62. The number of nitro groups is 1. The van der Waals surface area contributed by atoms with E-state index in [9.17, 15) is 32.9 Å². The van der Waals surface area contributed by atoms with Crippen LogP contribution in [0.3, 0.4) is 0 Å². The van der Waals surface area contributed by atoms with Gasteiger partial charge in [0.25, 0.3) is 5.69 Å². The molecule has 2 aromatic carbocycles. The number of alkyl halides is 3. The number of carbonyl (C=O) groups excluding carboxylic acids is 2. The molecule has 2 rings (SSSR count). The summed E-state index contributed by atoms with van der Waals surface area (Å²) in [4.78, 5) is 40.1. The average Bonchev–Trinajstić information content (AvgIpc) is 2.76. The number of benzene rings is 2. The lowest BCUT2D eigenvalue weighted by Gasteiger charge is -2.17. The minimum absolute atomic E-state index is 0.158. The molecule has 0 fully saturated rings. The van der Waals surface area contributed by atoms with Crippen LogP contribution in [0.1, 0.15) is 50.5 Å². The van der Waals surface area contributed by atoms with E-state index in [1.54, 1.807) is 6.92 Å². The molecule has 0 aliphatic heterocycles. The smallest absolute Gasteiger partial charge is 0.416 e. The van der Waals surface area contributed by atoms with Gasteiger partial charge in [-0.15, -0.1) is 0 Å². The molecule has 0 amide bonds. The zero-order chi connectivity index (χ0) is 27.4. The molecule has 0 saturated carbocycles. The Morgan fingerprint density at radius 2 is 1.75 bits per heavy atom. The Morgan fingerprint density at radius 1 is 1.11 bits per heavy atom. The first-order valence-electron chi connectivity index (χ1n) is 10.3. The summed E-state index contributed by atoms with van der Waals surface area (Å²) < 4.78 is 48.9. The molecule has 0 heterocycles. The first-order chi connectivity index (χ1) is 16.5. The molecule has 0 N–H and O–H groups in total. The molecule has 1 atom stereocenters. The minimum Gasteiger partial charge on any atom is -0.456 e. The van der Waals surface area contributed by atoms with Gasteiger partial charge in [-0.05, 0) is 38.1 Å². The maximum absolute atomic E-state index is 12.8. The number of nitrogens with zero attached hydrogens (tertiary/aromatic N) is 2. The summed E-state index contributed by atoms with van der Waals surface area (Å²) in [5.74, 6) is -2.61. The Labute approximate surface area is 208 Å². The predicted octanol–water partition coefficient (Wildman–Crippen LogP) is 6.57. The highest BCUT2D eigenvalue weighted by Crippen LogP contribution is 2.37. The summed E-state index contributed by atoms with van der Waals surface area (Å²) in [6, 6.07) is 5.33. The van der Waals surface area contributed by atoms with E-state index < -0.39 is 46.0 Å². The van der Waals surface area contributed by atoms with E-state index in [-0.39, 0.29) is 21.9 Å². The molecule has 194 valence electrons. The molecule has 1 unspecified atom stereocenters. The van der Waals surface area contributed by atoms with Gasteiger partial charge in [-0.3, -0.25) is 10.1 Å². The van der Waals surface area contributed by atoms with Crippen LogP contribution in [0.4, 0.5) is 18.9 Å². The van der Waals surface area contributed by atoms with Crippen molar-refractivity contribution >= 4 is 34.9 Å². The van der Waals surface area contributed by atoms with Crippen molar-refractivity contribution in [2.45, 2.75) is 46.9 Å². The lowest BCUT2D eigenvalue weighted by molar-refractivity contribution is -0.385. The molecule has 0 bridgehead atoms. The predicted molar refractivity (Wildman–Crippen MR) is 123 cm³/mol. The second kappa shape index (κ2) is 10.9. The van der Waals surface area contributed by atoms with Gasteiger partial charge in [0.2, 0.25) is 0 Å². The monoisotopic (exact) mass is 530 g/mol. The number of hydrogen-bond acceptors (Lipinski definition) is 8. The van der Waals surface area contributed by atoms with Crippen molar-refractivity contribution < 1.29 is 42.0 Å². The second-order valence-electron chi connectivity index (χ2n) is 8.57. The highest BCUT2D eigenvalue weighted by atomic mass is 35.5. The third-order valence-corrected chi connectivity index (χ3v) is 5.14. The fourth-order valence-corrected chi connectivity index (χ4v) is 2.60. The lowest BCUT2D eigenvalue weighted by atomic mass is 9.91. The molecule has 0 aliphatic carbocycles. The van der Waals surface area contributed by atoms with E-state index in [1.165, 1.54) is 6.92 Å². The summed E-state index contributed by atoms with van der Waals surface area (Å²) >= 11 is 5.87. The normalized spacial score (nSPS) is 13.1. The van der Waals surface area contributed by atoms with E-state index in [1.807, 2.05) is 20.8 Å². The molecule has 0 spiro atoms. The highest BCUT2D eigenvalue weighted by molar-refractivity contribution is 6.32. The van der Waals surface area contributed by atoms with Crippen molar-refractivity contribution in [2.75, 3.05) is 0 Å². The van der Waals surface area contributed by atoms with Gasteiger partial charge in [0.15, 0.2) is 6.10 Å². The molecule has 0 saturated heterocycles. The number of carbonyl (C=O) groups is 2. The molecular formula is C23H22ClF3N2O7. The largest absolute Gasteiger partial charge is 0.456 e. The van der Waals surface area contributed by atoms with E-state index in [0.29, 0.717) is 11.8 Å². The zero-order valence-electron chi connectivity index (χ0n) is 19.8. The molecule has 0 aliphatic rings. The van der Waals surface area contributed by atoms with E-state index in [0.717, 1.165) is 30.3 Å². The topological polar surface area (TPSA) is 117 Å². The number of rotatable bonds is 7. The molecule has 2 aromatic rings. The van der Waals surface area contributed by atoms with Crippen molar-refractivity contribution in [3.63, 3.8) is 0 Å². The maximum atomic E-state index is 12.8. The van der Waals surface area contributed by atoms with Gasteiger partial charge in [-0.1, -0.05) is 37.5 Å². The summed E-state index contributed by atoms with van der Waals surface area (Å²) in [5.41, 5.74) is -2.12. The fraction of sp³-hybridized carbons (Fsp3) is 0.348. The number of hydrogen-bond donors (Lipinski definition) is 0. The molecule has 13 heteroatoms. The highest BCUT2D eigenvalue weighted by Gasteiger charge is 2.31. The SMILES string of the molecule is CC(=NOC(=O)C(C)OC(=O)c1cc(Oc2ccc(C(F)(F)F)cc2Cl)ccc1[N+](=O)[O-])C(C)(C)C. The van der Waals surface area contributed by atoms with E-state index in [2.05, 4.69) is 5.16 Å². The summed E-state index contributed by atoms with van der Waals surface area (Å²) in [7, 11) is 0. The van der Waals surface area contributed by atoms with Gasteiger partial charge in [0.05, 0.1) is 21.2 Å². The molecule has 36 heavy (non-hydrogen) atoms. The van der Waals surface area contributed by atoms with Crippen LogP contribution in [-0.4, -0.2) is 28.7 Å². The van der Waals surface area contributed by atoms with Gasteiger partial charge >= 0.3 is 18.1 Å². The van der Waals surface area contributed by atoms with Crippen LogP contribution in [0.5, 0.6) is 11.5 Å². The maximum Gasteiger partial charge on any atom is 0.416 e. The zero-order valence-corrected chi connectivity index (χ0v) is 20.6. The van der Waals surface area contributed by atoms with Gasteiger partial charge in [-0.2, -0.15) is 13.2 Å². The number of esters is 1. The number of halogens is 4.